The van der Waals surface area contributed by atoms with Gasteiger partial charge in [-0.25, -0.2) is 8.91 Å². The second-order valence-electron chi connectivity index (χ2n) is 4.75. The summed E-state index contributed by atoms with van der Waals surface area (Å²) >= 11 is 0. The minimum Gasteiger partial charge on any atom is -0.452 e. The summed E-state index contributed by atoms with van der Waals surface area (Å²) in [4.78, 5) is 21.6. The van der Waals surface area contributed by atoms with Gasteiger partial charge in [0.1, 0.15) is 5.52 Å². The van der Waals surface area contributed by atoms with Crippen molar-refractivity contribution in [2.45, 2.75) is 6.92 Å². The SMILES string of the molecule is CC(=O)c1ccn2nccc(Oc3ccc([N+](=O)[O-])cc3F)c12. The third-order valence-corrected chi connectivity index (χ3v) is 3.24. The summed E-state index contributed by atoms with van der Waals surface area (Å²) < 4.78 is 20.9. The number of halogens is 1. The molecule has 1 aromatic carbocycles. The number of benzene rings is 1. The fraction of sp³-hybridized carbons (Fsp3) is 0.0667. The predicted octanol–water partition coefficient (Wildman–Crippen LogP) is 3.38. The molecule has 0 aliphatic carbocycles. The van der Waals surface area contributed by atoms with Crippen molar-refractivity contribution in [3.05, 3.63) is 64.2 Å². The Morgan fingerprint density at radius 1 is 1.30 bits per heavy atom. The summed E-state index contributed by atoms with van der Waals surface area (Å²) in [7, 11) is 0. The minimum atomic E-state index is -0.870. The third-order valence-electron chi connectivity index (χ3n) is 3.24. The first-order valence-corrected chi connectivity index (χ1v) is 6.56. The molecule has 2 heterocycles. The molecule has 0 saturated heterocycles. The van der Waals surface area contributed by atoms with Gasteiger partial charge in [0.25, 0.3) is 5.69 Å². The first kappa shape index (κ1) is 14.6. The molecule has 7 nitrogen and oxygen atoms in total. The number of nitro groups is 1. The quantitative estimate of drug-likeness (QED) is 0.418. The average molecular weight is 315 g/mol. The monoisotopic (exact) mass is 315 g/mol. The minimum absolute atomic E-state index is 0.181. The number of aromatic nitrogens is 2. The van der Waals surface area contributed by atoms with Crippen molar-refractivity contribution in [3.63, 3.8) is 0 Å². The van der Waals surface area contributed by atoms with Crippen molar-refractivity contribution in [1.29, 1.82) is 0 Å². The van der Waals surface area contributed by atoms with Crippen LogP contribution in [0.3, 0.4) is 0 Å². The Morgan fingerprint density at radius 2 is 2.09 bits per heavy atom. The first-order valence-electron chi connectivity index (χ1n) is 6.56. The van der Waals surface area contributed by atoms with Crippen LogP contribution in [-0.2, 0) is 0 Å². The maximum Gasteiger partial charge on any atom is 0.272 e. The standard InChI is InChI=1S/C15H10FN3O4/c1-9(20)11-5-7-18-15(11)14(4-6-17-18)23-13-3-2-10(19(21)22)8-12(13)16/h2-8H,1H3. The topological polar surface area (TPSA) is 86.7 Å². The molecule has 0 unspecified atom stereocenters. The van der Waals surface area contributed by atoms with E-state index in [0.29, 0.717) is 11.1 Å². The van der Waals surface area contributed by atoms with Gasteiger partial charge in [0, 0.05) is 23.9 Å². The Kier molecular flexibility index (Phi) is 3.49. The maximum atomic E-state index is 14.0. The van der Waals surface area contributed by atoms with E-state index in [4.69, 9.17) is 4.74 Å². The largest absolute Gasteiger partial charge is 0.452 e. The number of non-ortho nitro benzene ring substituents is 1. The van der Waals surface area contributed by atoms with E-state index in [1.54, 1.807) is 12.3 Å². The summed E-state index contributed by atoms with van der Waals surface area (Å²) in [5, 5.41) is 14.7. The van der Waals surface area contributed by atoms with Gasteiger partial charge in [-0.1, -0.05) is 0 Å². The van der Waals surface area contributed by atoms with E-state index in [1.807, 2.05) is 0 Å². The molecule has 0 bridgehead atoms. The number of rotatable bonds is 4. The van der Waals surface area contributed by atoms with E-state index in [-0.39, 0.29) is 23.0 Å². The van der Waals surface area contributed by atoms with Gasteiger partial charge in [0.2, 0.25) is 0 Å². The van der Waals surface area contributed by atoms with Gasteiger partial charge in [-0.2, -0.15) is 5.10 Å². The van der Waals surface area contributed by atoms with Crippen LogP contribution in [0.15, 0.2) is 42.7 Å². The Bertz CT molecular complexity index is 936. The Balaban J connectivity index is 2.07. The van der Waals surface area contributed by atoms with E-state index in [0.717, 1.165) is 12.1 Å². The highest BCUT2D eigenvalue weighted by Crippen LogP contribution is 2.31. The predicted molar refractivity (Wildman–Crippen MR) is 78.3 cm³/mol. The third kappa shape index (κ3) is 2.61. The van der Waals surface area contributed by atoms with Crippen LogP contribution in [0.25, 0.3) is 5.52 Å². The molecule has 3 rings (SSSR count). The van der Waals surface area contributed by atoms with Crippen molar-refractivity contribution in [3.8, 4) is 11.5 Å². The number of nitro benzene ring substituents is 1. The van der Waals surface area contributed by atoms with Crippen molar-refractivity contribution in [2.24, 2.45) is 0 Å². The molecule has 0 N–H and O–H groups in total. The summed E-state index contributed by atoms with van der Waals surface area (Å²) in [5.41, 5.74) is 0.412. The summed E-state index contributed by atoms with van der Waals surface area (Å²) in [6.07, 6.45) is 3.03. The van der Waals surface area contributed by atoms with Crippen LogP contribution in [0.5, 0.6) is 11.5 Å². The fourth-order valence-electron chi connectivity index (χ4n) is 2.19. The molecule has 116 valence electrons. The lowest BCUT2D eigenvalue weighted by Crippen LogP contribution is -1.98. The molecule has 0 fully saturated rings. The van der Waals surface area contributed by atoms with E-state index in [2.05, 4.69) is 5.10 Å². The number of hydrogen-bond donors (Lipinski definition) is 0. The Morgan fingerprint density at radius 3 is 2.74 bits per heavy atom. The second-order valence-corrected chi connectivity index (χ2v) is 4.75. The van der Waals surface area contributed by atoms with Gasteiger partial charge in [-0.05, 0) is 19.1 Å². The van der Waals surface area contributed by atoms with Crippen molar-refractivity contribution < 1.29 is 18.8 Å². The number of ketones is 1. The molecule has 0 saturated carbocycles. The Labute approximate surface area is 129 Å². The molecule has 0 aliphatic rings. The maximum absolute atomic E-state index is 14.0. The fourth-order valence-corrected chi connectivity index (χ4v) is 2.19. The van der Waals surface area contributed by atoms with E-state index in [9.17, 15) is 19.3 Å². The van der Waals surface area contributed by atoms with Gasteiger partial charge in [0.05, 0.1) is 17.2 Å². The highest BCUT2D eigenvalue weighted by Gasteiger charge is 2.16. The van der Waals surface area contributed by atoms with Crippen LogP contribution >= 0.6 is 0 Å². The van der Waals surface area contributed by atoms with E-state index < -0.39 is 10.7 Å². The molecule has 0 radical (unpaired) electrons. The molecule has 3 aromatic rings. The molecular weight excluding hydrogens is 305 g/mol. The van der Waals surface area contributed by atoms with Gasteiger partial charge in [0.15, 0.2) is 23.1 Å². The molecule has 0 aliphatic heterocycles. The van der Waals surface area contributed by atoms with E-state index in [1.165, 1.54) is 29.8 Å². The molecular formula is C15H10FN3O4. The van der Waals surface area contributed by atoms with Crippen LogP contribution in [0.4, 0.5) is 10.1 Å². The highest BCUT2D eigenvalue weighted by atomic mass is 19.1. The number of hydrogen-bond acceptors (Lipinski definition) is 5. The molecule has 0 atom stereocenters. The first-order chi connectivity index (χ1) is 11.0. The average Bonchev–Trinajstić information content (AvgIpc) is 2.94. The van der Waals surface area contributed by atoms with Crippen LogP contribution in [0.2, 0.25) is 0 Å². The van der Waals surface area contributed by atoms with Crippen molar-refractivity contribution in [2.75, 3.05) is 0 Å². The van der Waals surface area contributed by atoms with Crippen LogP contribution < -0.4 is 4.74 Å². The number of ether oxygens (including phenoxy) is 1. The van der Waals surface area contributed by atoms with Crippen molar-refractivity contribution >= 4 is 17.0 Å². The number of carbonyl (C=O) groups is 1. The van der Waals surface area contributed by atoms with Gasteiger partial charge in [-0.15, -0.1) is 0 Å². The van der Waals surface area contributed by atoms with Gasteiger partial charge < -0.3 is 4.74 Å². The van der Waals surface area contributed by atoms with Gasteiger partial charge in [-0.3, -0.25) is 14.9 Å². The lowest BCUT2D eigenvalue weighted by atomic mass is 10.2. The van der Waals surface area contributed by atoms with Crippen LogP contribution in [0.1, 0.15) is 17.3 Å². The van der Waals surface area contributed by atoms with Crippen molar-refractivity contribution in [1.82, 2.24) is 9.61 Å². The highest BCUT2D eigenvalue weighted by molar-refractivity contribution is 6.02. The molecule has 0 spiro atoms. The van der Waals surface area contributed by atoms with Gasteiger partial charge >= 0.3 is 0 Å². The van der Waals surface area contributed by atoms with Crippen LogP contribution in [-0.4, -0.2) is 20.3 Å². The number of Topliss-reactive ketones (excluding diaryl/α,β-unsaturated/α-hetero) is 1. The zero-order valence-corrected chi connectivity index (χ0v) is 11.9. The summed E-state index contributed by atoms with van der Waals surface area (Å²) in [5.74, 6) is -1.01. The zero-order chi connectivity index (χ0) is 16.6. The van der Waals surface area contributed by atoms with Crippen LogP contribution in [0, 0.1) is 15.9 Å². The number of nitrogens with zero attached hydrogens (tertiary/aromatic N) is 3. The summed E-state index contributed by atoms with van der Waals surface area (Å²) in [6, 6.07) is 6.16. The lowest BCUT2D eigenvalue weighted by molar-refractivity contribution is -0.385. The number of carbonyl (C=O) groups excluding carboxylic acids is 1. The lowest BCUT2D eigenvalue weighted by Gasteiger charge is -2.09. The molecule has 0 amide bonds. The smallest absolute Gasteiger partial charge is 0.272 e. The summed E-state index contributed by atoms with van der Waals surface area (Å²) in [6.45, 7) is 1.40. The molecule has 8 heteroatoms. The second kappa shape index (κ2) is 5.48. The molecule has 23 heavy (non-hydrogen) atoms. The normalized spacial score (nSPS) is 10.7. The Hall–Kier alpha value is -3.29. The number of fused-ring (bicyclic) bond motifs is 1. The zero-order valence-electron chi connectivity index (χ0n) is 11.9. The molecule has 2 aromatic heterocycles. The van der Waals surface area contributed by atoms with E-state index >= 15 is 0 Å².